The summed E-state index contributed by atoms with van der Waals surface area (Å²) in [6, 6.07) is 13.8. The van der Waals surface area contributed by atoms with Gasteiger partial charge in [0.15, 0.2) is 0 Å². The first-order valence-corrected chi connectivity index (χ1v) is 6.55. The topological polar surface area (TPSA) is 58.6 Å². The number of urea groups is 1. The summed E-state index contributed by atoms with van der Waals surface area (Å²) in [7, 11) is 1.58. The molecule has 0 aliphatic carbocycles. The minimum Gasteiger partial charge on any atom is -0.497 e. The lowest BCUT2D eigenvalue weighted by Crippen LogP contribution is -2.37. The zero-order valence-corrected chi connectivity index (χ0v) is 11.5. The van der Waals surface area contributed by atoms with Crippen molar-refractivity contribution in [2.45, 2.75) is 6.42 Å². The van der Waals surface area contributed by atoms with Crippen LogP contribution in [0.1, 0.15) is 5.56 Å². The Hall–Kier alpha value is -2.82. The molecule has 2 aromatic rings. The van der Waals surface area contributed by atoms with E-state index in [2.05, 4.69) is 5.32 Å². The van der Waals surface area contributed by atoms with Gasteiger partial charge in [0.05, 0.1) is 19.2 Å². The molecule has 0 spiro atoms. The fourth-order valence-corrected chi connectivity index (χ4v) is 2.33. The third-order valence-electron chi connectivity index (χ3n) is 3.37. The molecule has 0 saturated heterocycles. The van der Waals surface area contributed by atoms with E-state index in [0.29, 0.717) is 17.1 Å². The Bertz CT molecular complexity index is 695. The molecule has 1 N–H and O–H groups in total. The Labute approximate surface area is 122 Å². The Morgan fingerprint density at radius 1 is 1.14 bits per heavy atom. The molecule has 3 rings (SSSR count). The fraction of sp³-hybridized carbons (Fsp3) is 0.125. The number of amides is 3. The number of rotatable bonds is 2. The summed E-state index contributed by atoms with van der Waals surface area (Å²) < 4.78 is 5.06. The molecule has 5 nitrogen and oxygen atoms in total. The maximum Gasteiger partial charge on any atom is 0.333 e. The highest BCUT2D eigenvalue weighted by Crippen LogP contribution is 2.29. The molecule has 106 valence electrons. The molecule has 0 atom stereocenters. The molecule has 2 aromatic carbocycles. The zero-order chi connectivity index (χ0) is 14.8. The second kappa shape index (κ2) is 5.28. The number of imide groups is 1. The van der Waals surface area contributed by atoms with Crippen LogP contribution >= 0.6 is 0 Å². The highest BCUT2D eigenvalue weighted by molar-refractivity contribution is 6.22. The predicted octanol–water partition coefficient (Wildman–Crippen LogP) is 2.82. The standard InChI is InChI=1S/C16H14N2O3/c1-21-13-8-6-12(7-9-13)17-16(20)18-14-5-3-2-4-11(14)10-15(18)19/h2-9H,10H2,1H3,(H,17,20). The molecule has 5 heteroatoms. The van der Waals surface area contributed by atoms with Gasteiger partial charge in [0.2, 0.25) is 5.91 Å². The van der Waals surface area contributed by atoms with Crippen molar-refractivity contribution in [3.63, 3.8) is 0 Å². The van der Waals surface area contributed by atoms with E-state index in [4.69, 9.17) is 4.74 Å². The van der Waals surface area contributed by atoms with Gasteiger partial charge in [0, 0.05) is 5.69 Å². The van der Waals surface area contributed by atoms with Crippen LogP contribution in [0.2, 0.25) is 0 Å². The molecule has 0 saturated carbocycles. The average molecular weight is 282 g/mol. The quantitative estimate of drug-likeness (QED) is 0.921. The summed E-state index contributed by atoms with van der Waals surface area (Å²) in [6.45, 7) is 0. The number of fused-ring (bicyclic) bond motifs is 1. The Morgan fingerprint density at radius 2 is 1.86 bits per heavy atom. The first kappa shape index (κ1) is 13.2. The van der Waals surface area contributed by atoms with Crippen LogP contribution in [0.5, 0.6) is 5.75 Å². The second-order valence-corrected chi connectivity index (χ2v) is 4.69. The summed E-state index contributed by atoms with van der Waals surface area (Å²) in [4.78, 5) is 25.5. The van der Waals surface area contributed by atoms with Crippen LogP contribution in [0.25, 0.3) is 0 Å². The summed E-state index contributed by atoms with van der Waals surface area (Å²) in [5.41, 5.74) is 2.12. The van der Waals surface area contributed by atoms with Crippen molar-refractivity contribution < 1.29 is 14.3 Å². The van der Waals surface area contributed by atoms with Crippen molar-refractivity contribution in [2.75, 3.05) is 17.3 Å². The molecule has 0 radical (unpaired) electrons. The molecule has 21 heavy (non-hydrogen) atoms. The van der Waals surface area contributed by atoms with Gasteiger partial charge in [-0.05, 0) is 35.9 Å². The first-order valence-electron chi connectivity index (χ1n) is 6.55. The number of nitrogens with zero attached hydrogens (tertiary/aromatic N) is 1. The van der Waals surface area contributed by atoms with Gasteiger partial charge in [-0.3, -0.25) is 4.79 Å². The normalized spacial score (nSPS) is 13.0. The number of hydrogen-bond donors (Lipinski definition) is 1. The molecule has 0 bridgehead atoms. The Kier molecular flexibility index (Phi) is 3.31. The maximum atomic E-state index is 12.3. The lowest BCUT2D eigenvalue weighted by atomic mass is 10.2. The van der Waals surface area contributed by atoms with E-state index in [0.717, 1.165) is 5.56 Å². The van der Waals surface area contributed by atoms with Crippen molar-refractivity contribution in [2.24, 2.45) is 0 Å². The molecule has 1 aliphatic heterocycles. The van der Waals surface area contributed by atoms with E-state index in [1.165, 1.54) is 4.90 Å². The number of benzene rings is 2. The molecular formula is C16H14N2O3. The molecule has 1 heterocycles. The van der Waals surface area contributed by atoms with Crippen LogP contribution in [-0.2, 0) is 11.2 Å². The van der Waals surface area contributed by atoms with E-state index in [1.807, 2.05) is 18.2 Å². The number of ether oxygens (including phenoxy) is 1. The summed E-state index contributed by atoms with van der Waals surface area (Å²) >= 11 is 0. The SMILES string of the molecule is COc1ccc(NC(=O)N2C(=O)Cc3ccccc32)cc1. The highest BCUT2D eigenvalue weighted by Gasteiger charge is 2.31. The monoisotopic (exact) mass is 282 g/mol. The molecule has 1 aliphatic rings. The highest BCUT2D eigenvalue weighted by atomic mass is 16.5. The van der Waals surface area contributed by atoms with Gasteiger partial charge >= 0.3 is 6.03 Å². The third kappa shape index (κ3) is 2.45. The lowest BCUT2D eigenvalue weighted by Gasteiger charge is -2.16. The third-order valence-corrected chi connectivity index (χ3v) is 3.37. The number of para-hydroxylation sites is 1. The van der Waals surface area contributed by atoms with Gasteiger partial charge in [-0.1, -0.05) is 18.2 Å². The number of methoxy groups -OCH3 is 1. The number of carbonyl (C=O) groups excluding carboxylic acids is 2. The van der Waals surface area contributed by atoms with Crippen LogP contribution in [0.3, 0.4) is 0 Å². The van der Waals surface area contributed by atoms with Gasteiger partial charge in [-0.15, -0.1) is 0 Å². The van der Waals surface area contributed by atoms with Gasteiger partial charge < -0.3 is 10.1 Å². The molecule has 0 aromatic heterocycles. The zero-order valence-electron chi connectivity index (χ0n) is 11.5. The largest absolute Gasteiger partial charge is 0.497 e. The van der Waals surface area contributed by atoms with Crippen LogP contribution in [0.4, 0.5) is 16.2 Å². The smallest absolute Gasteiger partial charge is 0.333 e. The number of nitrogens with one attached hydrogen (secondary N) is 1. The van der Waals surface area contributed by atoms with Crippen molar-refractivity contribution in [1.82, 2.24) is 0 Å². The average Bonchev–Trinajstić information content (AvgIpc) is 2.83. The molecule has 3 amide bonds. The van der Waals surface area contributed by atoms with Crippen molar-refractivity contribution >= 4 is 23.3 Å². The van der Waals surface area contributed by atoms with Crippen molar-refractivity contribution in [1.29, 1.82) is 0 Å². The lowest BCUT2D eigenvalue weighted by molar-refractivity contribution is -0.116. The molecule has 0 unspecified atom stereocenters. The number of anilines is 2. The minimum atomic E-state index is -0.449. The second-order valence-electron chi connectivity index (χ2n) is 4.69. The number of hydrogen-bond acceptors (Lipinski definition) is 3. The predicted molar refractivity (Wildman–Crippen MR) is 79.6 cm³/mol. The van der Waals surface area contributed by atoms with Crippen LogP contribution in [0.15, 0.2) is 48.5 Å². The Balaban J connectivity index is 1.80. The summed E-state index contributed by atoms with van der Waals surface area (Å²) in [5.74, 6) is 0.484. The van der Waals surface area contributed by atoms with Gasteiger partial charge in [-0.25, -0.2) is 9.69 Å². The van der Waals surface area contributed by atoms with Crippen molar-refractivity contribution in [3.8, 4) is 5.75 Å². The maximum absolute atomic E-state index is 12.3. The van der Waals surface area contributed by atoms with Crippen LogP contribution in [0, 0.1) is 0 Å². The van der Waals surface area contributed by atoms with E-state index < -0.39 is 6.03 Å². The fourth-order valence-electron chi connectivity index (χ4n) is 2.33. The van der Waals surface area contributed by atoms with Gasteiger partial charge in [0.1, 0.15) is 5.75 Å². The van der Waals surface area contributed by atoms with Gasteiger partial charge in [0.25, 0.3) is 0 Å². The van der Waals surface area contributed by atoms with Gasteiger partial charge in [-0.2, -0.15) is 0 Å². The summed E-state index contributed by atoms with van der Waals surface area (Å²) in [6.07, 6.45) is 0.256. The van der Waals surface area contributed by atoms with E-state index in [-0.39, 0.29) is 12.3 Å². The Morgan fingerprint density at radius 3 is 2.57 bits per heavy atom. The molecular weight excluding hydrogens is 268 g/mol. The number of carbonyl (C=O) groups is 2. The van der Waals surface area contributed by atoms with Crippen LogP contribution in [-0.4, -0.2) is 19.0 Å². The minimum absolute atomic E-state index is 0.220. The summed E-state index contributed by atoms with van der Waals surface area (Å²) in [5, 5.41) is 2.72. The van der Waals surface area contributed by atoms with E-state index in [9.17, 15) is 9.59 Å². The first-order chi connectivity index (χ1) is 10.2. The van der Waals surface area contributed by atoms with Crippen molar-refractivity contribution in [3.05, 3.63) is 54.1 Å². The molecule has 0 fully saturated rings. The van der Waals surface area contributed by atoms with E-state index >= 15 is 0 Å². The van der Waals surface area contributed by atoms with Crippen LogP contribution < -0.4 is 15.0 Å². The van der Waals surface area contributed by atoms with E-state index in [1.54, 1.807) is 37.4 Å².